The topological polar surface area (TPSA) is 32.3 Å². The standard InChI is InChI=1S/C17H18N2O.2C2H6/c1-18-16-15-10-6-5-7-13(15)11-12-19(17(16)20)14-8-3-2-4-9-14;2*1-2/h2-10,16,18H,11-12H2,1H3;2*1-2H3. The van der Waals surface area contributed by atoms with Crippen LogP contribution in [0.3, 0.4) is 0 Å². The first-order valence-electron chi connectivity index (χ1n) is 8.93. The van der Waals surface area contributed by atoms with Crippen molar-refractivity contribution in [3.8, 4) is 0 Å². The van der Waals surface area contributed by atoms with Gasteiger partial charge in [-0.15, -0.1) is 0 Å². The van der Waals surface area contributed by atoms with Gasteiger partial charge in [-0.3, -0.25) is 4.79 Å². The van der Waals surface area contributed by atoms with E-state index in [1.807, 2.05) is 88.2 Å². The van der Waals surface area contributed by atoms with Gasteiger partial charge in [0, 0.05) is 12.2 Å². The lowest BCUT2D eigenvalue weighted by atomic mass is 9.99. The summed E-state index contributed by atoms with van der Waals surface area (Å²) < 4.78 is 0. The summed E-state index contributed by atoms with van der Waals surface area (Å²) in [6.07, 6.45) is 0.884. The van der Waals surface area contributed by atoms with Crippen LogP contribution in [0.1, 0.15) is 44.9 Å². The van der Waals surface area contributed by atoms with Crippen molar-refractivity contribution in [2.45, 2.75) is 40.2 Å². The van der Waals surface area contributed by atoms with Gasteiger partial charge in [-0.2, -0.15) is 0 Å². The van der Waals surface area contributed by atoms with E-state index >= 15 is 0 Å². The molecule has 0 saturated carbocycles. The van der Waals surface area contributed by atoms with Crippen molar-refractivity contribution in [2.75, 3.05) is 18.5 Å². The van der Waals surface area contributed by atoms with Gasteiger partial charge in [0.2, 0.25) is 5.91 Å². The molecule has 130 valence electrons. The second-order valence-corrected chi connectivity index (χ2v) is 5.00. The maximum atomic E-state index is 12.8. The Morgan fingerprint density at radius 1 is 0.917 bits per heavy atom. The lowest BCUT2D eigenvalue weighted by molar-refractivity contribution is -0.120. The zero-order valence-corrected chi connectivity index (χ0v) is 15.5. The molecule has 3 heteroatoms. The Bertz CT molecular complexity index is 610. The fourth-order valence-corrected chi connectivity index (χ4v) is 2.82. The lowest BCUT2D eigenvalue weighted by Gasteiger charge is -2.24. The third-order valence-corrected chi connectivity index (χ3v) is 3.84. The van der Waals surface area contributed by atoms with Gasteiger partial charge in [0.1, 0.15) is 6.04 Å². The lowest BCUT2D eigenvalue weighted by Crippen LogP contribution is -2.39. The summed E-state index contributed by atoms with van der Waals surface area (Å²) in [5.41, 5.74) is 3.31. The molecule has 0 aliphatic carbocycles. The average Bonchev–Trinajstić information content (AvgIpc) is 2.81. The highest BCUT2D eigenvalue weighted by Gasteiger charge is 2.30. The Kier molecular flexibility index (Phi) is 8.80. The fourth-order valence-electron chi connectivity index (χ4n) is 2.82. The highest BCUT2D eigenvalue weighted by atomic mass is 16.2. The van der Waals surface area contributed by atoms with Crippen molar-refractivity contribution >= 4 is 11.6 Å². The normalized spacial score (nSPS) is 16.0. The average molecular weight is 326 g/mol. The number of nitrogens with zero attached hydrogens (tertiary/aromatic N) is 1. The number of carbonyl (C=O) groups excluding carboxylic acids is 1. The third-order valence-electron chi connectivity index (χ3n) is 3.84. The first-order chi connectivity index (χ1) is 11.8. The molecule has 2 aromatic rings. The molecule has 24 heavy (non-hydrogen) atoms. The van der Waals surface area contributed by atoms with E-state index in [1.165, 1.54) is 5.56 Å². The van der Waals surface area contributed by atoms with E-state index in [1.54, 1.807) is 0 Å². The summed E-state index contributed by atoms with van der Waals surface area (Å²) in [6.45, 7) is 8.72. The molecule has 0 bridgehead atoms. The van der Waals surface area contributed by atoms with Gasteiger partial charge >= 0.3 is 0 Å². The van der Waals surface area contributed by atoms with Crippen LogP contribution in [0, 0.1) is 0 Å². The molecule has 1 unspecified atom stereocenters. The van der Waals surface area contributed by atoms with Crippen LogP contribution in [0.4, 0.5) is 5.69 Å². The first kappa shape index (κ1) is 19.9. The number of hydrogen-bond acceptors (Lipinski definition) is 2. The number of benzene rings is 2. The van der Waals surface area contributed by atoms with Crippen LogP contribution in [-0.4, -0.2) is 19.5 Å². The van der Waals surface area contributed by atoms with E-state index in [4.69, 9.17) is 0 Å². The molecule has 1 heterocycles. The zero-order valence-electron chi connectivity index (χ0n) is 15.5. The molecule has 1 amide bonds. The summed E-state index contributed by atoms with van der Waals surface area (Å²) in [5.74, 6) is 0.114. The zero-order chi connectivity index (χ0) is 17.9. The van der Waals surface area contributed by atoms with E-state index in [0.717, 1.165) is 24.2 Å². The fraction of sp³-hybridized carbons (Fsp3) is 0.381. The Balaban J connectivity index is 0.000000671. The number of carbonyl (C=O) groups is 1. The number of fused-ring (bicyclic) bond motifs is 1. The van der Waals surface area contributed by atoms with Crippen LogP contribution in [0.5, 0.6) is 0 Å². The van der Waals surface area contributed by atoms with E-state index in [9.17, 15) is 4.79 Å². The van der Waals surface area contributed by atoms with Crippen molar-refractivity contribution in [1.29, 1.82) is 0 Å². The van der Waals surface area contributed by atoms with Crippen LogP contribution >= 0.6 is 0 Å². The Hall–Kier alpha value is -2.13. The van der Waals surface area contributed by atoms with E-state index in [-0.39, 0.29) is 11.9 Å². The number of nitrogens with one attached hydrogen (secondary N) is 1. The third kappa shape index (κ3) is 4.45. The van der Waals surface area contributed by atoms with Gasteiger partial charge < -0.3 is 10.2 Å². The van der Waals surface area contributed by atoms with Crippen molar-refractivity contribution < 1.29 is 4.79 Å². The molecular weight excluding hydrogens is 296 g/mol. The van der Waals surface area contributed by atoms with Crippen LogP contribution in [-0.2, 0) is 11.2 Å². The first-order valence-corrected chi connectivity index (χ1v) is 8.93. The Morgan fingerprint density at radius 2 is 1.50 bits per heavy atom. The summed E-state index contributed by atoms with van der Waals surface area (Å²) in [5, 5.41) is 3.16. The van der Waals surface area contributed by atoms with Crippen LogP contribution in [0.15, 0.2) is 54.6 Å². The molecule has 1 N–H and O–H groups in total. The minimum atomic E-state index is -0.270. The van der Waals surface area contributed by atoms with E-state index < -0.39 is 0 Å². The number of anilines is 1. The van der Waals surface area contributed by atoms with Gasteiger partial charge in [-0.1, -0.05) is 70.2 Å². The number of likely N-dealkylation sites (N-methyl/N-ethyl adjacent to an activating group) is 1. The molecule has 1 aliphatic rings. The van der Waals surface area contributed by atoms with Crippen molar-refractivity contribution in [3.05, 3.63) is 65.7 Å². The largest absolute Gasteiger partial charge is 0.310 e. The minimum absolute atomic E-state index is 0.114. The molecule has 0 aromatic heterocycles. The number of amides is 1. The molecule has 0 fully saturated rings. The van der Waals surface area contributed by atoms with E-state index in [2.05, 4.69) is 11.4 Å². The summed E-state index contributed by atoms with van der Waals surface area (Å²) in [7, 11) is 1.84. The highest BCUT2D eigenvalue weighted by Crippen LogP contribution is 2.27. The van der Waals surface area contributed by atoms with Crippen molar-refractivity contribution in [1.82, 2.24) is 5.32 Å². The van der Waals surface area contributed by atoms with Crippen molar-refractivity contribution in [2.24, 2.45) is 0 Å². The number of para-hydroxylation sites is 1. The van der Waals surface area contributed by atoms with Crippen LogP contribution in [0.2, 0.25) is 0 Å². The number of hydrogen-bond donors (Lipinski definition) is 1. The van der Waals surface area contributed by atoms with Gasteiger partial charge in [-0.25, -0.2) is 0 Å². The summed E-state index contributed by atoms with van der Waals surface area (Å²) in [4.78, 5) is 14.7. The second-order valence-electron chi connectivity index (χ2n) is 5.00. The smallest absolute Gasteiger partial charge is 0.248 e. The Labute approximate surface area is 146 Å². The van der Waals surface area contributed by atoms with Crippen LogP contribution in [0.25, 0.3) is 0 Å². The minimum Gasteiger partial charge on any atom is -0.310 e. The Morgan fingerprint density at radius 3 is 2.12 bits per heavy atom. The monoisotopic (exact) mass is 326 g/mol. The maximum Gasteiger partial charge on any atom is 0.248 e. The van der Waals surface area contributed by atoms with Gasteiger partial charge in [-0.05, 0) is 36.7 Å². The molecular formula is C21H30N2O. The molecule has 3 rings (SSSR count). The molecule has 1 atom stereocenters. The summed E-state index contributed by atoms with van der Waals surface area (Å²) in [6, 6.07) is 17.8. The number of rotatable bonds is 2. The van der Waals surface area contributed by atoms with Gasteiger partial charge in [0.25, 0.3) is 0 Å². The van der Waals surface area contributed by atoms with Crippen LogP contribution < -0.4 is 10.2 Å². The molecule has 3 nitrogen and oxygen atoms in total. The molecule has 2 aromatic carbocycles. The molecule has 0 spiro atoms. The summed E-state index contributed by atoms with van der Waals surface area (Å²) >= 11 is 0. The molecule has 1 aliphatic heterocycles. The predicted molar refractivity (Wildman–Crippen MR) is 103 cm³/mol. The SMILES string of the molecule is CC.CC.CNC1C(=O)N(c2ccccc2)CCc2ccccc21. The quantitative estimate of drug-likeness (QED) is 0.875. The van der Waals surface area contributed by atoms with E-state index in [0.29, 0.717) is 0 Å². The van der Waals surface area contributed by atoms with Crippen molar-refractivity contribution in [3.63, 3.8) is 0 Å². The van der Waals surface area contributed by atoms with Gasteiger partial charge in [0.15, 0.2) is 0 Å². The predicted octanol–water partition coefficient (Wildman–Crippen LogP) is 4.59. The highest BCUT2D eigenvalue weighted by molar-refractivity contribution is 5.98. The molecule has 0 saturated heterocycles. The molecule has 0 radical (unpaired) electrons. The van der Waals surface area contributed by atoms with Gasteiger partial charge in [0.05, 0.1) is 0 Å². The maximum absolute atomic E-state index is 12.8. The second kappa shape index (κ2) is 10.6.